The first kappa shape index (κ1) is 10.4. The molecule has 0 bridgehead atoms. The lowest BCUT2D eigenvalue weighted by Crippen LogP contribution is -2.53. The molecule has 0 aromatic carbocycles. The van der Waals surface area contributed by atoms with Gasteiger partial charge in [-0.05, 0) is 26.3 Å². The molecule has 2 fully saturated rings. The van der Waals surface area contributed by atoms with E-state index in [0.717, 1.165) is 19.4 Å². The average Bonchev–Trinajstić information content (AvgIpc) is 2.67. The molecular weight excluding hydrogens is 194 g/mol. The smallest absolute Gasteiger partial charge is 0.242 e. The number of hydrogen-bond acceptors (Lipinski definition) is 3. The Hall–Kier alpha value is -1.10. The van der Waals surface area contributed by atoms with Gasteiger partial charge in [0.15, 0.2) is 0 Å². The van der Waals surface area contributed by atoms with Gasteiger partial charge in [-0.25, -0.2) is 0 Å². The van der Waals surface area contributed by atoms with Crippen molar-refractivity contribution in [2.24, 2.45) is 0 Å². The molecule has 2 amide bonds. The molecule has 2 rings (SSSR count). The van der Waals surface area contributed by atoms with Crippen molar-refractivity contribution in [1.82, 2.24) is 15.5 Å². The summed E-state index contributed by atoms with van der Waals surface area (Å²) in [5, 5.41) is 6.01. The summed E-state index contributed by atoms with van der Waals surface area (Å²) in [7, 11) is 0. The Balaban J connectivity index is 2.15. The monoisotopic (exact) mass is 211 g/mol. The Bertz CT molecular complexity index is 274. The van der Waals surface area contributed by atoms with Gasteiger partial charge in [0.05, 0.1) is 6.17 Å². The minimum Gasteiger partial charge on any atom is -0.354 e. The molecule has 2 atom stereocenters. The molecule has 2 N–H and O–H groups in total. The van der Waals surface area contributed by atoms with Crippen molar-refractivity contribution in [3.05, 3.63) is 0 Å². The zero-order valence-corrected chi connectivity index (χ0v) is 8.95. The number of rotatable bonds is 1. The molecule has 2 unspecified atom stereocenters. The minimum atomic E-state index is -0.351. The standard InChI is InChI=1S/C10H17N3O2/c1-7-10(15)12-6-4-9(14)13(7)8-3-2-5-11-8/h7-8,11H,2-6H2,1H3,(H,12,15). The van der Waals surface area contributed by atoms with E-state index in [-0.39, 0.29) is 24.0 Å². The number of nitrogens with zero attached hydrogens (tertiary/aromatic N) is 1. The third-order valence-electron chi connectivity index (χ3n) is 3.09. The molecule has 0 aliphatic carbocycles. The van der Waals surface area contributed by atoms with Crippen LogP contribution in [0, 0.1) is 0 Å². The first-order valence-electron chi connectivity index (χ1n) is 5.52. The molecule has 2 saturated heterocycles. The van der Waals surface area contributed by atoms with Crippen LogP contribution in [-0.2, 0) is 9.59 Å². The lowest BCUT2D eigenvalue weighted by Gasteiger charge is -2.31. The van der Waals surface area contributed by atoms with E-state index in [1.165, 1.54) is 0 Å². The third kappa shape index (κ3) is 1.97. The molecule has 2 heterocycles. The molecular formula is C10H17N3O2. The first-order valence-corrected chi connectivity index (χ1v) is 5.52. The fraction of sp³-hybridized carbons (Fsp3) is 0.800. The number of amides is 2. The quantitative estimate of drug-likeness (QED) is 0.611. The molecule has 84 valence electrons. The molecule has 0 saturated carbocycles. The molecule has 0 radical (unpaired) electrons. The van der Waals surface area contributed by atoms with Gasteiger partial charge in [-0.3, -0.25) is 14.9 Å². The van der Waals surface area contributed by atoms with E-state index in [0.29, 0.717) is 13.0 Å². The second-order valence-corrected chi connectivity index (χ2v) is 4.13. The highest BCUT2D eigenvalue weighted by Crippen LogP contribution is 2.16. The topological polar surface area (TPSA) is 61.4 Å². The second-order valence-electron chi connectivity index (χ2n) is 4.13. The van der Waals surface area contributed by atoms with Crippen LogP contribution in [0.15, 0.2) is 0 Å². The maximum atomic E-state index is 11.9. The number of nitrogens with one attached hydrogen (secondary N) is 2. The lowest BCUT2D eigenvalue weighted by molar-refractivity contribution is -0.140. The summed E-state index contributed by atoms with van der Waals surface area (Å²) in [5.41, 5.74) is 0. The van der Waals surface area contributed by atoms with E-state index in [9.17, 15) is 9.59 Å². The summed E-state index contributed by atoms with van der Waals surface area (Å²) >= 11 is 0. The zero-order chi connectivity index (χ0) is 10.8. The van der Waals surface area contributed by atoms with Crippen LogP contribution in [0.4, 0.5) is 0 Å². The summed E-state index contributed by atoms with van der Waals surface area (Å²) in [6.45, 7) is 3.19. The van der Waals surface area contributed by atoms with Crippen LogP contribution >= 0.6 is 0 Å². The Morgan fingerprint density at radius 3 is 2.80 bits per heavy atom. The normalized spacial score (nSPS) is 32.7. The van der Waals surface area contributed by atoms with Crippen LogP contribution in [0.1, 0.15) is 26.2 Å². The minimum absolute atomic E-state index is 0.0467. The van der Waals surface area contributed by atoms with Gasteiger partial charge in [-0.1, -0.05) is 0 Å². The van der Waals surface area contributed by atoms with Crippen LogP contribution in [0.3, 0.4) is 0 Å². The summed E-state index contributed by atoms with van der Waals surface area (Å²) in [6.07, 6.45) is 2.48. The van der Waals surface area contributed by atoms with Crippen LogP contribution in [0.25, 0.3) is 0 Å². The predicted molar refractivity (Wildman–Crippen MR) is 55.0 cm³/mol. The SMILES string of the molecule is CC1C(=O)NCCC(=O)N1C1CCCN1. The summed E-state index contributed by atoms with van der Waals surface area (Å²) in [6, 6.07) is -0.351. The Labute approximate surface area is 89.2 Å². The van der Waals surface area contributed by atoms with Crippen molar-refractivity contribution in [2.75, 3.05) is 13.1 Å². The van der Waals surface area contributed by atoms with Crippen molar-refractivity contribution >= 4 is 11.8 Å². The number of hydrogen-bond donors (Lipinski definition) is 2. The number of carbonyl (C=O) groups is 2. The van der Waals surface area contributed by atoms with Gasteiger partial charge in [0.25, 0.3) is 0 Å². The Kier molecular flexibility index (Phi) is 2.90. The maximum Gasteiger partial charge on any atom is 0.242 e. The summed E-state index contributed by atoms with van der Waals surface area (Å²) < 4.78 is 0. The van der Waals surface area contributed by atoms with Gasteiger partial charge < -0.3 is 10.2 Å². The Morgan fingerprint density at radius 1 is 1.33 bits per heavy atom. The first-order chi connectivity index (χ1) is 7.20. The van der Waals surface area contributed by atoms with Gasteiger partial charge in [-0.15, -0.1) is 0 Å². The highest BCUT2D eigenvalue weighted by molar-refractivity contribution is 5.89. The van der Waals surface area contributed by atoms with E-state index in [2.05, 4.69) is 10.6 Å². The van der Waals surface area contributed by atoms with Crippen LogP contribution in [-0.4, -0.2) is 42.0 Å². The van der Waals surface area contributed by atoms with E-state index in [1.807, 2.05) is 0 Å². The molecule has 15 heavy (non-hydrogen) atoms. The average molecular weight is 211 g/mol. The van der Waals surface area contributed by atoms with E-state index < -0.39 is 0 Å². The molecule has 5 nitrogen and oxygen atoms in total. The van der Waals surface area contributed by atoms with E-state index in [1.54, 1.807) is 11.8 Å². The largest absolute Gasteiger partial charge is 0.354 e. The lowest BCUT2D eigenvalue weighted by atomic mass is 10.2. The van der Waals surface area contributed by atoms with E-state index >= 15 is 0 Å². The van der Waals surface area contributed by atoms with Crippen molar-refractivity contribution in [2.45, 2.75) is 38.4 Å². The maximum absolute atomic E-state index is 11.9. The highest BCUT2D eigenvalue weighted by atomic mass is 16.2. The molecule has 2 aliphatic rings. The Morgan fingerprint density at radius 2 is 2.13 bits per heavy atom. The van der Waals surface area contributed by atoms with Gasteiger partial charge >= 0.3 is 0 Å². The number of carbonyl (C=O) groups excluding carboxylic acids is 2. The molecule has 0 aromatic heterocycles. The van der Waals surface area contributed by atoms with Gasteiger partial charge in [0.2, 0.25) is 11.8 Å². The molecule has 0 spiro atoms. The summed E-state index contributed by atoms with van der Waals surface area (Å²) in [5.74, 6) is 0.0230. The van der Waals surface area contributed by atoms with Gasteiger partial charge in [-0.2, -0.15) is 0 Å². The van der Waals surface area contributed by atoms with Crippen molar-refractivity contribution < 1.29 is 9.59 Å². The van der Waals surface area contributed by atoms with Crippen LogP contribution in [0.2, 0.25) is 0 Å². The highest BCUT2D eigenvalue weighted by Gasteiger charge is 2.35. The van der Waals surface area contributed by atoms with E-state index in [4.69, 9.17) is 0 Å². The van der Waals surface area contributed by atoms with Crippen molar-refractivity contribution in [3.63, 3.8) is 0 Å². The molecule has 5 heteroatoms. The fourth-order valence-corrected chi connectivity index (χ4v) is 2.26. The van der Waals surface area contributed by atoms with Crippen LogP contribution < -0.4 is 10.6 Å². The predicted octanol–water partition coefficient (Wildman–Crippen LogP) is -0.567. The van der Waals surface area contributed by atoms with Crippen molar-refractivity contribution in [1.29, 1.82) is 0 Å². The zero-order valence-electron chi connectivity index (χ0n) is 8.95. The fourth-order valence-electron chi connectivity index (χ4n) is 2.26. The second kappa shape index (κ2) is 4.18. The summed E-state index contributed by atoms with van der Waals surface area (Å²) in [4.78, 5) is 25.1. The third-order valence-corrected chi connectivity index (χ3v) is 3.09. The van der Waals surface area contributed by atoms with Gasteiger partial charge in [0.1, 0.15) is 6.04 Å². The van der Waals surface area contributed by atoms with Crippen molar-refractivity contribution in [3.8, 4) is 0 Å². The molecule has 0 aromatic rings. The van der Waals surface area contributed by atoms with Gasteiger partial charge in [0, 0.05) is 13.0 Å². The van der Waals surface area contributed by atoms with Crippen LogP contribution in [0.5, 0.6) is 0 Å². The molecule has 2 aliphatic heterocycles.